The number of imide groups is 1. The third-order valence-electron chi connectivity index (χ3n) is 6.28. The van der Waals surface area contributed by atoms with Gasteiger partial charge in [-0.3, -0.25) is 19.3 Å². The van der Waals surface area contributed by atoms with Crippen LogP contribution in [0.1, 0.15) is 53.0 Å². The minimum atomic E-state index is -0.761. The van der Waals surface area contributed by atoms with Crippen LogP contribution in [0.3, 0.4) is 0 Å². The summed E-state index contributed by atoms with van der Waals surface area (Å²) in [5.41, 5.74) is 2.11. The highest BCUT2D eigenvalue weighted by molar-refractivity contribution is 6.22. The normalized spacial score (nSPS) is 18.1. The molecule has 0 bridgehead atoms. The summed E-state index contributed by atoms with van der Waals surface area (Å²) in [4.78, 5) is 42.3. The first-order chi connectivity index (χ1) is 14.5. The molecule has 1 saturated heterocycles. The number of hydrogen-bond acceptors (Lipinski definition) is 3. The maximum atomic E-state index is 13.4. The van der Waals surface area contributed by atoms with Gasteiger partial charge in [-0.2, -0.15) is 0 Å². The van der Waals surface area contributed by atoms with Gasteiger partial charge in [-0.05, 0) is 48.8 Å². The summed E-state index contributed by atoms with van der Waals surface area (Å²) in [7, 11) is 0. The summed E-state index contributed by atoms with van der Waals surface area (Å²) < 4.78 is 0. The van der Waals surface area contributed by atoms with Crippen LogP contribution >= 0.6 is 0 Å². The maximum Gasteiger partial charge on any atom is 0.262 e. The fraction of sp³-hybridized carbons (Fsp3) is 0.400. The third-order valence-corrected chi connectivity index (χ3v) is 6.28. The maximum absolute atomic E-state index is 13.4. The van der Waals surface area contributed by atoms with E-state index in [4.69, 9.17) is 0 Å². The minimum absolute atomic E-state index is 0.113. The van der Waals surface area contributed by atoms with E-state index in [9.17, 15) is 14.4 Å². The lowest BCUT2D eigenvalue weighted by Gasteiger charge is -2.37. The lowest BCUT2D eigenvalue weighted by molar-refractivity contribution is -0.138. The molecule has 0 saturated carbocycles. The standard InChI is InChI=1S/C25H28N2O3/c1-17(2)22(27-23(28)20-10-6-7-11-21(20)24(27)29)25(30)26-14-12-19(13-15-26)16-18-8-4-3-5-9-18/h3-11,17,19,22H,12-16H2,1-2H3/t22-/m0/s1. The first kappa shape index (κ1) is 20.3. The smallest absolute Gasteiger partial charge is 0.262 e. The van der Waals surface area contributed by atoms with Gasteiger partial charge in [-0.1, -0.05) is 56.3 Å². The van der Waals surface area contributed by atoms with E-state index in [-0.39, 0.29) is 23.6 Å². The molecule has 0 N–H and O–H groups in total. The van der Waals surface area contributed by atoms with Crippen LogP contribution in [0.4, 0.5) is 0 Å². The van der Waals surface area contributed by atoms with E-state index in [1.165, 1.54) is 10.5 Å². The quantitative estimate of drug-likeness (QED) is 0.713. The van der Waals surface area contributed by atoms with Crippen LogP contribution in [0, 0.1) is 11.8 Å². The summed E-state index contributed by atoms with van der Waals surface area (Å²) in [5, 5.41) is 0. The molecule has 156 valence electrons. The van der Waals surface area contributed by atoms with Crippen molar-refractivity contribution in [2.75, 3.05) is 13.1 Å². The topological polar surface area (TPSA) is 57.7 Å². The van der Waals surface area contributed by atoms with Gasteiger partial charge in [0.05, 0.1) is 11.1 Å². The number of amides is 3. The average Bonchev–Trinajstić information content (AvgIpc) is 3.00. The van der Waals surface area contributed by atoms with E-state index in [0.29, 0.717) is 30.1 Å². The number of piperidine rings is 1. The van der Waals surface area contributed by atoms with E-state index in [1.807, 2.05) is 24.8 Å². The van der Waals surface area contributed by atoms with Gasteiger partial charge in [-0.25, -0.2) is 0 Å². The molecule has 1 fully saturated rings. The summed E-state index contributed by atoms with van der Waals surface area (Å²) in [6, 6.07) is 16.5. The van der Waals surface area contributed by atoms with Crippen molar-refractivity contribution >= 4 is 17.7 Å². The monoisotopic (exact) mass is 404 g/mol. The number of carbonyl (C=O) groups is 3. The van der Waals surface area contributed by atoms with E-state index < -0.39 is 6.04 Å². The van der Waals surface area contributed by atoms with Crippen molar-refractivity contribution < 1.29 is 14.4 Å². The van der Waals surface area contributed by atoms with Crippen molar-refractivity contribution in [1.29, 1.82) is 0 Å². The Kier molecular flexibility index (Phi) is 5.71. The highest BCUT2D eigenvalue weighted by atomic mass is 16.2. The molecule has 2 aliphatic rings. The third kappa shape index (κ3) is 3.76. The van der Waals surface area contributed by atoms with Crippen molar-refractivity contribution in [2.45, 2.75) is 39.2 Å². The molecule has 0 radical (unpaired) electrons. The molecule has 3 amide bonds. The van der Waals surface area contributed by atoms with Gasteiger partial charge in [-0.15, -0.1) is 0 Å². The van der Waals surface area contributed by atoms with Gasteiger partial charge in [0.1, 0.15) is 6.04 Å². The molecule has 0 spiro atoms. The molecule has 5 heteroatoms. The van der Waals surface area contributed by atoms with E-state index in [2.05, 4.69) is 24.3 Å². The summed E-state index contributed by atoms with van der Waals surface area (Å²) in [6.07, 6.45) is 2.90. The second-order valence-corrected chi connectivity index (χ2v) is 8.67. The number of carbonyl (C=O) groups excluding carboxylic acids is 3. The molecule has 0 aromatic heterocycles. The molecular weight excluding hydrogens is 376 g/mol. The first-order valence-corrected chi connectivity index (χ1v) is 10.8. The Balaban J connectivity index is 1.45. The van der Waals surface area contributed by atoms with Gasteiger partial charge in [0.25, 0.3) is 11.8 Å². The Hall–Kier alpha value is -2.95. The first-order valence-electron chi connectivity index (χ1n) is 10.8. The minimum Gasteiger partial charge on any atom is -0.341 e. The lowest BCUT2D eigenvalue weighted by atomic mass is 9.89. The van der Waals surface area contributed by atoms with Crippen LogP contribution in [-0.4, -0.2) is 46.7 Å². The number of nitrogens with zero attached hydrogens (tertiary/aromatic N) is 2. The van der Waals surface area contributed by atoms with Crippen molar-refractivity contribution in [1.82, 2.24) is 9.80 Å². The Morgan fingerprint density at radius 1 is 0.900 bits per heavy atom. The molecule has 2 aromatic carbocycles. The van der Waals surface area contributed by atoms with Crippen molar-refractivity contribution in [3.63, 3.8) is 0 Å². The van der Waals surface area contributed by atoms with Gasteiger partial charge in [0.2, 0.25) is 5.91 Å². The number of likely N-dealkylation sites (tertiary alicyclic amines) is 1. The van der Waals surface area contributed by atoms with Crippen molar-refractivity contribution in [2.24, 2.45) is 11.8 Å². The molecule has 5 nitrogen and oxygen atoms in total. The zero-order chi connectivity index (χ0) is 21.3. The van der Waals surface area contributed by atoms with E-state index in [1.54, 1.807) is 24.3 Å². The molecule has 0 unspecified atom stereocenters. The van der Waals surface area contributed by atoms with Crippen LogP contribution in [0.5, 0.6) is 0 Å². The van der Waals surface area contributed by atoms with Crippen molar-refractivity contribution in [3.8, 4) is 0 Å². The number of fused-ring (bicyclic) bond motifs is 1. The Morgan fingerprint density at radius 2 is 1.43 bits per heavy atom. The van der Waals surface area contributed by atoms with Gasteiger partial charge < -0.3 is 4.90 Å². The molecule has 2 heterocycles. The lowest BCUT2D eigenvalue weighted by Crippen LogP contribution is -2.54. The Morgan fingerprint density at radius 3 is 1.97 bits per heavy atom. The average molecular weight is 405 g/mol. The molecule has 2 aromatic rings. The van der Waals surface area contributed by atoms with Crippen LogP contribution in [0.15, 0.2) is 54.6 Å². The number of hydrogen-bond donors (Lipinski definition) is 0. The zero-order valence-corrected chi connectivity index (χ0v) is 17.6. The molecular formula is C25H28N2O3. The van der Waals surface area contributed by atoms with Gasteiger partial charge >= 0.3 is 0 Å². The highest BCUT2D eigenvalue weighted by Gasteiger charge is 2.45. The van der Waals surface area contributed by atoms with Crippen molar-refractivity contribution in [3.05, 3.63) is 71.3 Å². The van der Waals surface area contributed by atoms with E-state index in [0.717, 1.165) is 19.3 Å². The zero-order valence-electron chi connectivity index (χ0n) is 17.6. The second-order valence-electron chi connectivity index (χ2n) is 8.67. The van der Waals surface area contributed by atoms with Crippen LogP contribution in [-0.2, 0) is 11.2 Å². The molecule has 30 heavy (non-hydrogen) atoms. The summed E-state index contributed by atoms with van der Waals surface area (Å²) >= 11 is 0. The fourth-order valence-electron chi connectivity index (χ4n) is 4.65. The highest BCUT2D eigenvalue weighted by Crippen LogP contribution is 2.29. The summed E-state index contributed by atoms with van der Waals surface area (Å²) in [6.45, 7) is 5.13. The SMILES string of the molecule is CC(C)[C@@H](C(=O)N1CCC(Cc2ccccc2)CC1)N1C(=O)c2ccccc2C1=O. The molecule has 4 rings (SSSR count). The number of rotatable bonds is 5. The predicted octanol–water partition coefficient (Wildman–Crippen LogP) is 3.79. The molecule has 2 aliphatic heterocycles. The van der Waals surface area contributed by atoms with Crippen LogP contribution in [0.25, 0.3) is 0 Å². The summed E-state index contributed by atoms with van der Waals surface area (Å²) in [5.74, 6) is -0.434. The Labute approximate surface area is 177 Å². The second kappa shape index (κ2) is 8.42. The van der Waals surface area contributed by atoms with Gasteiger partial charge in [0.15, 0.2) is 0 Å². The van der Waals surface area contributed by atoms with Crippen LogP contribution < -0.4 is 0 Å². The van der Waals surface area contributed by atoms with Crippen LogP contribution in [0.2, 0.25) is 0 Å². The Bertz CT molecular complexity index is 911. The largest absolute Gasteiger partial charge is 0.341 e. The fourth-order valence-corrected chi connectivity index (χ4v) is 4.65. The number of benzene rings is 2. The molecule has 0 aliphatic carbocycles. The van der Waals surface area contributed by atoms with Gasteiger partial charge in [0, 0.05) is 13.1 Å². The predicted molar refractivity (Wildman–Crippen MR) is 115 cm³/mol. The van der Waals surface area contributed by atoms with E-state index >= 15 is 0 Å². The molecule has 1 atom stereocenters.